The topological polar surface area (TPSA) is 54.5 Å². The van der Waals surface area contributed by atoms with Crippen LogP contribution in [0.5, 0.6) is 0 Å². The Balaban J connectivity index is 1.58. The molecular weight excluding hydrogens is 382 g/mol. The number of hydrogen-bond donors (Lipinski definition) is 0. The highest BCUT2D eigenvalue weighted by Crippen LogP contribution is 2.50. The van der Waals surface area contributed by atoms with E-state index in [2.05, 4.69) is 19.9 Å². The highest BCUT2D eigenvalue weighted by molar-refractivity contribution is 7.89. The molecule has 0 aromatic heterocycles. The molecule has 0 unspecified atom stereocenters. The maximum absolute atomic E-state index is 13.3. The van der Waals surface area contributed by atoms with Crippen LogP contribution in [0.15, 0.2) is 35.2 Å². The lowest BCUT2D eigenvalue weighted by Gasteiger charge is -2.32. The number of nitrogens with zero attached hydrogens (tertiary/aromatic N) is 1. The second-order valence-corrected chi connectivity index (χ2v) is 11.7. The Bertz CT molecular complexity index is 1130. The lowest BCUT2D eigenvalue weighted by molar-refractivity contribution is 0.0911. The Hall–Kier alpha value is -1.98. The third-order valence-corrected chi connectivity index (χ3v) is 8.37. The first-order valence-corrected chi connectivity index (χ1v) is 11.9. The van der Waals surface area contributed by atoms with E-state index in [1.54, 1.807) is 16.4 Å². The summed E-state index contributed by atoms with van der Waals surface area (Å²) in [5.74, 6) is 0.659. The van der Waals surface area contributed by atoms with Crippen LogP contribution < -0.4 is 0 Å². The van der Waals surface area contributed by atoms with Crippen LogP contribution in [0.4, 0.5) is 0 Å². The Morgan fingerprint density at radius 3 is 2.34 bits per heavy atom. The fourth-order valence-corrected chi connectivity index (χ4v) is 6.42. The molecule has 0 atom stereocenters. The molecule has 1 heterocycles. The number of hydrogen-bond acceptors (Lipinski definition) is 3. The third kappa shape index (κ3) is 3.15. The molecule has 2 aliphatic carbocycles. The molecule has 3 aliphatic rings. The molecular formula is C24H27NO3S. The van der Waals surface area contributed by atoms with Crippen molar-refractivity contribution < 1.29 is 13.2 Å². The summed E-state index contributed by atoms with van der Waals surface area (Å²) in [6.45, 7) is 7.01. The number of fused-ring (bicyclic) bond motifs is 2. The summed E-state index contributed by atoms with van der Waals surface area (Å²) in [6.07, 6.45) is 3.66. The summed E-state index contributed by atoms with van der Waals surface area (Å²) < 4.78 is 28.1. The van der Waals surface area contributed by atoms with Gasteiger partial charge in [0.1, 0.15) is 0 Å². The third-order valence-electron chi connectivity index (χ3n) is 6.56. The average Bonchev–Trinajstić information content (AvgIpc) is 3.37. The molecule has 4 nitrogen and oxygen atoms in total. The van der Waals surface area contributed by atoms with E-state index in [0.29, 0.717) is 30.3 Å². The van der Waals surface area contributed by atoms with Crippen LogP contribution in [0.2, 0.25) is 0 Å². The van der Waals surface area contributed by atoms with Crippen LogP contribution in [0, 0.1) is 12.3 Å². The smallest absolute Gasteiger partial charge is 0.243 e. The van der Waals surface area contributed by atoms with Gasteiger partial charge in [0, 0.05) is 25.1 Å². The summed E-state index contributed by atoms with van der Waals surface area (Å²) in [5, 5.41) is 0. The SMILES string of the molecule is Cc1ccc(S(=O)(=O)N2Cc3cc4c(c(C5CC5)c3C2)C(=O)CC(C)(C)C4)cc1. The number of carbonyl (C=O) groups excluding carboxylic acids is 1. The molecule has 1 saturated carbocycles. The Morgan fingerprint density at radius 1 is 1.00 bits per heavy atom. The molecule has 2 aromatic carbocycles. The molecule has 0 N–H and O–H groups in total. The van der Waals surface area contributed by atoms with Crippen molar-refractivity contribution in [3.63, 3.8) is 0 Å². The van der Waals surface area contributed by atoms with E-state index in [4.69, 9.17) is 0 Å². The van der Waals surface area contributed by atoms with Gasteiger partial charge < -0.3 is 0 Å². The lowest BCUT2D eigenvalue weighted by Crippen LogP contribution is -2.28. The number of Topliss-reactive ketones (excluding diaryl/α,β-unsaturated/α-hetero) is 1. The average molecular weight is 410 g/mol. The zero-order valence-corrected chi connectivity index (χ0v) is 18.1. The van der Waals surface area contributed by atoms with Crippen LogP contribution >= 0.6 is 0 Å². The highest BCUT2D eigenvalue weighted by atomic mass is 32.2. The molecule has 29 heavy (non-hydrogen) atoms. The van der Waals surface area contributed by atoms with Gasteiger partial charge >= 0.3 is 0 Å². The van der Waals surface area contributed by atoms with Gasteiger partial charge in [0.15, 0.2) is 5.78 Å². The minimum absolute atomic E-state index is 0.0363. The zero-order valence-electron chi connectivity index (χ0n) is 17.3. The predicted octanol–water partition coefficient (Wildman–Crippen LogP) is 4.73. The Kier molecular flexibility index (Phi) is 4.10. The molecule has 0 bridgehead atoms. The van der Waals surface area contributed by atoms with Gasteiger partial charge in [0.25, 0.3) is 0 Å². The van der Waals surface area contributed by atoms with Gasteiger partial charge in [-0.05, 0) is 71.9 Å². The quantitative estimate of drug-likeness (QED) is 0.736. The van der Waals surface area contributed by atoms with Gasteiger partial charge in [-0.3, -0.25) is 4.79 Å². The van der Waals surface area contributed by atoms with Crippen LogP contribution in [0.3, 0.4) is 0 Å². The van der Waals surface area contributed by atoms with E-state index in [-0.39, 0.29) is 11.2 Å². The number of rotatable bonds is 3. The number of benzene rings is 2. The van der Waals surface area contributed by atoms with E-state index >= 15 is 0 Å². The minimum Gasteiger partial charge on any atom is -0.294 e. The van der Waals surface area contributed by atoms with Gasteiger partial charge in [-0.15, -0.1) is 0 Å². The maximum Gasteiger partial charge on any atom is 0.243 e. The first kappa shape index (κ1) is 19.0. The molecule has 0 saturated heterocycles. The summed E-state index contributed by atoms with van der Waals surface area (Å²) in [7, 11) is -3.56. The minimum atomic E-state index is -3.56. The molecule has 0 amide bonds. The molecule has 0 spiro atoms. The van der Waals surface area contributed by atoms with Crippen molar-refractivity contribution in [3.05, 3.63) is 63.7 Å². The van der Waals surface area contributed by atoms with Crippen molar-refractivity contribution in [1.29, 1.82) is 0 Å². The number of aryl methyl sites for hydroxylation is 1. The first-order chi connectivity index (χ1) is 13.7. The standard InChI is InChI=1S/C24H27NO3S/c1-15-4-8-19(9-5-15)29(27,28)25-13-18-10-17-11-24(2,3)12-21(26)23(17)22(16-6-7-16)20(18)14-25/h4-5,8-10,16H,6-7,11-14H2,1-3H3. The number of carbonyl (C=O) groups is 1. The summed E-state index contributed by atoms with van der Waals surface area (Å²) in [5.41, 5.74) is 6.40. The van der Waals surface area contributed by atoms with Gasteiger partial charge in [0.05, 0.1) is 4.90 Å². The Labute approximate surface area is 173 Å². The zero-order chi connectivity index (χ0) is 20.6. The van der Waals surface area contributed by atoms with Crippen LogP contribution in [0.25, 0.3) is 0 Å². The van der Waals surface area contributed by atoms with E-state index in [1.165, 1.54) is 5.56 Å². The fourth-order valence-electron chi connectivity index (χ4n) is 5.04. The summed E-state index contributed by atoms with van der Waals surface area (Å²) in [6, 6.07) is 9.18. The van der Waals surface area contributed by atoms with E-state index in [9.17, 15) is 13.2 Å². The maximum atomic E-state index is 13.3. The molecule has 152 valence electrons. The molecule has 0 radical (unpaired) electrons. The van der Waals surface area contributed by atoms with Crippen molar-refractivity contribution in [2.24, 2.45) is 5.41 Å². The van der Waals surface area contributed by atoms with Crippen molar-refractivity contribution in [1.82, 2.24) is 4.31 Å². The Morgan fingerprint density at radius 2 is 1.69 bits per heavy atom. The van der Waals surface area contributed by atoms with E-state index < -0.39 is 10.0 Å². The van der Waals surface area contributed by atoms with E-state index in [1.807, 2.05) is 19.1 Å². The molecule has 1 fully saturated rings. The molecule has 1 aliphatic heterocycles. The highest BCUT2D eigenvalue weighted by Gasteiger charge is 2.42. The molecule has 5 heteroatoms. The van der Waals surface area contributed by atoms with Gasteiger partial charge in [0.2, 0.25) is 10.0 Å². The molecule has 5 rings (SSSR count). The van der Waals surface area contributed by atoms with Gasteiger partial charge in [-0.25, -0.2) is 8.42 Å². The lowest BCUT2D eigenvalue weighted by atomic mass is 9.71. The normalized spacial score (nSPS) is 21.1. The van der Waals surface area contributed by atoms with Gasteiger partial charge in [-0.2, -0.15) is 4.31 Å². The molecule has 2 aromatic rings. The van der Waals surface area contributed by atoms with Crippen molar-refractivity contribution in [2.75, 3.05) is 0 Å². The fraction of sp³-hybridized carbons (Fsp3) is 0.458. The number of sulfonamides is 1. The van der Waals surface area contributed by atoms with Crippen LogP contribution in [0.1, 0.15) is 77.2 Å². The van der Waals surface area contributed by atoms with Crippen molar-refractivity contribution in [2.45, 2.75) is 70.4 Å². The van der Waals surface area contributed by atoms with Gasteiger partial charge in [-0.1, -0.05) is 37.6 Å². The first-order valence-electron chi connectivity index (χ1n) is 10.4. The van der Waals surface area contributed by atoms with Crippen LogP contribution in [-0.4, -0.2) is 18.5 Å². The summed E-state index contributed by atoms with van der Waals surface area (Å²) >= 11 is 0. The van der Waals surface area contributed by atoms with Crippen LogP contribution in [-0.2, 0) is 29.5 Å². The second-order valence-electron chi connectivity index (χ2n) is 9.76. The second kappa shape index (κ2) is 6.26. The van der Waals surface area contributed by atoms with Crippen molar-refractivity contribution in [3.8, 4) is 0 Å². The predicted molar refractivity (Wildman–Crippen MR) is 112 cm³/mol. The van der Waals surface area contributed by atoms with E-state index in [0.717, 1.165) is 47.1 Å². The van der Waals surface area contributed by atoms with Crippen molar-refractivity contribution >= 4 is 15.8 Å². The monoisotopic (exact) mass is 409 g/mol. The summed E-state index contributed by atoms with van der Waals surface area (Å²) in [4.78, 5) is 13.4. The number of ketones is 1. The largest absolute Gasteiger partial charge is 0.294 e.